The summed E-state index contributed by atoms with van der Waals surface area (Å²) in [5.41, 5.74) is 0. The summed E-state index contributed by atoms with van der Waals surface area (Å²) in [6.45, 7) is 7.16. The molecule has 1 unspecified atom stereocenters. The lowest BCUT2D eigenvalue weighted by molar-refractivity contribution is 0.248. The van der Waals surface area contributed by atoms with Crippen LogP contribution in [-0.4, -0.2) is 37.6 Å². The highest BCUT2D eigenvalue weighted by atomic mass is 15.1. The Morgan fingerprint density at radius 1 is 1.46 bits per heavy atom. The summed E-state index contributed by atoms with van der Waals surface area (Å²) >= 11 is 0. The van der Waals surface area contributed by atoms with Crippen molar-refractivity contribution < 1.29 is 0 Å². The highest BCUT2D eigenvalue weighted by Gasteiger charge is 2.11. The Labute approximate surface area is 82.7 Å². The molecule has 1 atom stereocenters. The van der Waals surface area contributed by atoms with Gasteiger partial charge in [-0.1, -0.05) is 26.2 Å². The highest BCUT2D eigenvalue weighted by Crippen LogP contribution is 2.03. The van der Waals surface area contributed by atoms with Gasteiger partial charge >= 0.3 is 0 Å². The number of nitrogens with one attached hydrogen (secondary N) is 1. The third-order valence-corrected chi connectivity index (χ3v) is 2.22. The predicted molar refractivity (Wildman–Crippen MR) is 58.7 cm³/mol. The van der Waals surface area contributed by atoms with Crippen LogP contribution in [0.4, 0.5) is 0 Å². The van der Waals surface area contributed by atoms with E-state index in [9.17, 15) is 0 Å². The van der Waals surface area contributed by atoms with Crippen molar-refractivity contribution in [3.63, 3.8) is 0 Å². The number of nitrogens with zero attached hydrogens (tertiary/aromatic N) is 1. The van der Waals surface area contributed by atoms with E-state index in [0.29, 0.717) is 6.04 Å². The van der Waals surface area contributed by atoms with Crippen molar-refractivity contribution >= 4 is 0 Å². The largest absolute Gasteiger partial charge is 0.315 e. The Hall–Kier alpha value is -0.520. The first-order chi connectivity index (χ1) is 6.26. The fourth-order valence-electron chi connectivity index (χ4n) is 1.40. The molecule has 0 aromatic rings. The van der Waals surface area contributed by atoms with Crippen LogP contribution in [0.25, 0.3) is 0 Å². The fraction of sp³-hybridized carbons (Fsp3) is 0.818. The maximum absolute atomic E-state index is 5.28. The Morgan fingerprint density at radius 3 is 2.62 bits per heavy atom. The molecular formula is C11H22N2. The van der Waals surface area contributed by atoms with E-state index in [2.05, 4.69) is 37.0 Å². The Kier molecular flexibility index (Phi) is 7.77. The summed E-state index contributed by atoms with van der Waals surface area (Å²) in [7, 11) is 2.09. The highest BCUT2D eigenvalue weighted by molar-refractivity contribution is 4.89. The first-order valence-corrected chi connectivity index (χ1v) is 5.10. The van der Waals surface area contributed by atoms with Gasteiger partial charge in [-0.3, -0.25) is 4.90 Å². The van der Waals surface area contributed by atoms with Crippen LogP contribution >= 0.6 is 0 Å². The average molecular weight is 182 g/mol. The second-order valence-corrected chi connectivity index (χ2v) is 3.37. The third-order valence-electron chi connectivity index (χ3n) is 2.22. The SMILES string of the molecule is C#CCN(C)C(CCC)CNCC. The van der Waals surface area contributed by atoms with Crippen LogP contribution < -0.4 is 5.32 Å². The molecule has 13 heavy (non-hydrogen) atoms. The number of hydrogen-bond acceptors (Lipinski definition) is 2. The number of rotatable bonds is 7. The molecule has 2 nitrogen and oxygen atoms in total. The molecule has 0 amide bonds. The first-order valence-electron chi connectivity index (χ1n) is 5.10. The van der Waals surface area contributed by atoms with E-state index in [1.165, 1.54) is 12.8 Å². The van der Waals surface area contributed by atoms with E-state index < -0.39 is 0 Å². The first kappa shape index (κ1) is 12.5. The molecule has 0 radical (unpaired) electrons. The van der Waals surface area contributed by atoms with Crippen LogP contribution in [0.5, 0.6) is 0 Å². The summed E-state index contributed by atoms with van der Waals surface area (Å²) in [5, 5.41) is 3.36. The van der Waals surface area contributed by atoms with Crippen molar-refractivity contribution in [2.75, 3.05) is 26.7 Å². The summed E-state index contributed by atoms with van der Waals surface area (Å²) in [6, 6.07) is 0.584. The van der Waals surface area contributed by atoms with Gasteiger partial charge in [0, 0.05) is 12.6 Å². The predicted octanol–water partition coefficient (Wildman–Crippen LogP) is 1.33. The van der Waals surface area contributed by atoms with Crippen molar-refractivity contribution in [3.05, 3.63) is 0 Å². The third kappa shape index (κ3) is 5.68. The Bertz CT molecular complexity index is 149. The van der Waals surface area contributed by atoms with Crippen molar-refractivity contribution in [2.24, 2.45) is 0 Å². The van der Waals surface area contributed by atoms with Crippen LogP contribution in [-0.2, 0) is 0 Å². The van der Waals surface area contributed by atoms with E-state index in [4.69, 9.17) is 6.42 Å². The average Bonchev–Trinajstić information content (AvgIpc) is 2.12. The second kappa shape index (κ2) is 8.10. The number of hydrogen-bond donors (Lipinski definition) is 1. The van der Waals surface area contributed by atoms with Gasteiger partial charge in [-0.05, 0) is 20.0 Å². The molecule has 2 heteroatoms. The van der Waals surface area contributed by atoms with Gasteiger partial charge in [-0.15, -0.1) is 6.42 Å². The molecule has 0 rings (SSSR count). The van der Waals surface area contributed by atoms with Crippen LogP contribution in [0.1, 0.15) is 26.7 Å². The zero-order valence-electron chi connectivity index (χ0n) is 9.14. The molecule has 0 aliphatic carbocycles. The molecule has 0 aliphatic rings. The maximum atomic E-state index is 5.28. The molecule has 1 N–H and O–H groups in total. The smallest absolute Gasteiger partial charge is 0.0599 e. The topological polar surface area (TPSA) is 15.3 Å². The molecule has 0 saturated carbocycles. The summed E-state index contributed by atoms with van der Waals surface area (Å²) < 4.78 is 0. The van der Waals surface area contributed by atoms with Gasteiger partial charge in [0.05, 0.1) is 6.54 Å². The Balaban J connectivity index is 3.84. The van der Waals surface area contributed by atoms with E-state index in [1.807, 2.05) is 0 Å². The van der Waals surface area contributed by atoms with Gasteiger partial charge in [0.2, 0.25) is 0 Å². The zero-order chi connectivity index (χ0) is 10.1. The van der Waals surface area contributed by atoms with E-state index in [0.717, 1.165) is 19.6 Å². The molecule has 0 heterocycles. The zero-order valence-corrected chi connectivity index (χ0v) is 9.14. The molecule has 0 spiro atoms. The summed E-state index contributed by atoms with van der Waals surface area (Å²) in [5.74, 6) is 2.68. The second-order valence-electron chi connectivity index (χ2n) is 3.37. The minimum absolute atomic E-state index is 0.584. The number of terminal acetylenes is 1. The molecule has 0 aromatic heterocycles. The lowest BCUT2D eigenvalue weighted by atomic mass is 10.1. The van der Waals surface area contributed by atoms with Gasteiger partial charge in [-0.25, -0.2) is 0 Å². The van der Waals surface area contributed by atoms with Gasteiger partial charge in [0.15, 0.2) is 0 Å². The van der Waals surface area contributed by atoms with E-state index in [1.54, 1.807) is 0 Å². The molecule has 0 aliphatic heterocycles. The van der Waals surface area contributed by atoms with Gasteiger partial charge in [-0.2, -0.15) is 0 Å². The summed E-state index contributed by atoms with van der Waals surface area (Å²) in [6.07, 6.45) is 7.71. The number of likely N-dealkylation sites (N-methyl/N-ethyl adjacent to an activating group) is 2. The molecule has 0 saturated heterocycles. The molecule has 76 valence electrons. The quantitative estimate of drug-likeness (QED) is 0.598. The van der Waals surface area contributed by atoms with E-state index >= 15 is 0 Å². The maximum Gasteiger partial charge on any atom is 0.0599 e. The van der Waals surface area contributed by atoms with Crippen molar-refractivity contribution in [1.29, 1.82) is 0 Å². The lowest BCUT2D eigenvalue weighted by Gasteiger charge is -2.26. The lowest BCUT2D eigenvalue weighted by Crippen LogP contribution is -2.40. The molecular weight excluding hydrogens is 160 g/mol. The van der Waals surface area contributed by atoms with Crippen LogP contribution in [0, 0.1) is 12.3 Å². The Morgan fingerprint density at radius 2 is 2.15 bits per heavy atom. The van der Waals surface area contributed by atoms with Crippen molar-refractivity contribution in [2.45, 2.75) is 32.7 Å². The molecule has 0 aromatic carbocycles. The van der Waals surface area contributed by atoms with E-state index in [-0.39, 0.29) is 0 Å². The normalized spacial score (nSPS) is 12.8. The van der Waals surface area contributed by atoms with Crippen molar-refractivity contribution in [1.82, 2.24) is 10.2 Å². The minimum Gasteiger partial charge on any atom is -0.315 e. The van der Waals surface area contributed by atoms with Crippen LogP contribution in [0.3, 0.4) is 0 Å². The van der Waals surface area contributed by atoms with Gasteiger partial charge < -0.3 is 5.32 Å². The molecule has 0 bridgehead atoms. The monoisotopic (exact) mass is 182 g/mol. The molecule has 0 fully saturated rings. The van der Waals surface area contributed by atoms with Gasteiger partial charge in [0.1, 0.15) is 0 Å². The van der Waals surface area contributed by atoms with Crippen molar-refractivity contribution in [3.8, 4) is 12.3 Å². The standard InChI is InChI=1S/C11H22N2/c1-5-8-11(10-12-7-3)13(4)9-6-2/h2,11-12H,5,7-10H2,1,3-4H3. The minimum atomic E-state index is 0.584. The van der Waals surface area contributed by atoms with Gasteiger partial charge in [0.25, 0.3) is 0 Å². The summed E-state index contributed by atoms with van der Waals surface area (Å²) in [4.78, 5) is 2.24. The van der Waals surface area contributed by atoms with Crippen LogP contribution in [0.2, 0.25) is 0 Å². The fourth-order valence-corrected chi connectivity index (χ4v) is 1.40. The van der Waals surface area contributed by atoms with Crippen LogP contribution in [0.15, 0.2) is 0 Å².